The molecule has 0 bridgehead atoms. The van der Waals surface area contributed by atoms with Gasteiger partial charge in [0, 0.05) is 12.1 Å². The maximum absolute atomic E-state index is 13.3. The number of hydrogen-bond donors (Lipinski definition) is 0. The average Bonchev–Trinajstić information content (AvgIpc) is 2.67. The molecular formula is C24H21F2NO2. The molecule has 3 aromatic rings. The molecule has 0 aliphatic rings. The summed E-state index contributed by atoms with van der Waals surface area (Å²) in [5.41, 5.74) is 4.06. The van der Waals surface area contributed by atoms with Gasteiger partial charge in [0.1, 0.15) is 11.5 Å². The van der Waals surface area contributed by atoms with E-state index in [4.69, 9.17) is 9.47 Å². The number of aryl methyl sites for hydroxylation is 3. The van der Waals surface area contributed by atoms with Crippen molar-refractivity contribution in [3.63, 3.8) is 0 Å². The van der Waals surface area contributed by atoms with Gasteiger partial charge in [-0.25, -0.2) is 13.8 Å². The topological polar surface area (TPSA) is 30.8 Å². The summed E-state index contributed by atoms with van der Waals surface area (Å²) in [6.07, 6.45) is 2.85. The standard InChI is InChI=1S/C24H21F2NO2/c1-16-5-4-6-21(13-16)29-24(27-19-8-7-17(2)18(3)14-19)11-12-28-20-9-10-22(25)23(26)15-20/h4-15H,1-3H3. The second-order valence-corrected chi connectivity index (χ2v) is 6.63. The fourth-order valence-corrected chi connectivity index (χ4v) is 2.54. The van der Waals surface area contributed by atoms with E-state index in [9.17, 15) is 8.78 Å². The first-order valence-electron chi connectivity index (χ1n) is 9.09. The Bertz CT molecular complexity index is 1070. The number of hydrogen-bond acceptors (Lipinski definition) is 3. The quantitative estimate of drug-likeness (QED) is 0.278. The second kappa shape index (κ2) is 9.15. The summed E-state index contributed by atoms with van der Waals surface area (Å²) >= 11 is 0. The Balaban J connectivity index is 1.85. The summed E-state index contributed by atoms with van der Waals surface area (Å²) in [5, 5.41) is 0. The van der Waals surface area contributed by atoms with Gasteiger partial charge in [0.05, 0.1) is 11.9 Å². The third-order valence-corrected chi connectivity index (χ3v) is 4.25. The predicted molar refractivity (Wildman–Crippen MR) is 111 cm³/mol. The third-order valence-electron chi connectivity index (χ3n) is 4.25. The molecule has 3 rings (SSSR count). The van der Waals surface area contributed by atoms with E-state index in [0.29, 0.717) is 11.6 Å². The molecule has 0 amide bonds. The number of rotatable bonds is 5. The number of benzene rings is 3. The lowest BCUT2D eigenvalue weighted by atomic mass is 10.1. The minimum absolute atomic E-state index is 0.168. The molecule has 0 saturated heterocycles. The zero-order valence-electron chi connectivity index (χ0n) is 16.4. The highest BCUT2D eigenvalue weighted by molar-refractivity contribution is 5.91. The van der Waals surface area contributed by atoms with E-state index in [-0.39, 0.29) is 5.75 Å². The Morgan fingerprint density at radius 3 is 2.38 bits per heavy atom. The molecule has 5 heteroatoms. The van der Waals surface area contributed by atoms with Crippen molar-refractivity contribution in [2.24, 2.45) is 4.99 Å². The van der Waals surface area contributed by atoms with Gasteiger partial charge in [0.2, 0.25) is 5.90 Å². The van der Waals surface area contributed by atoms with Gasteiger partial charge in [-0.15, -0.1) is 0 Å². The lowest BCUT2D eigenvalue weighted by molar-refractivity contribution is 0.459. The minimum Gasteiger partial charge on any atom is -0.465 e. The fourth-order valence-electron chi connectivity index (χ4n) is 2.54. The van der Waals surface area contributed by atoms with Gasteiger partial charge in [-0.05, 0) is 73.9 Å². The van der Waals surface area contributed by atoms with Crippen LogP contribution in [0.5, 0.6) is 11.5 Å². The SMILES string of the molecule is Cc1cccc(OC(C=COc2ccc(F)c(F)c2)=Nc2ccc(C)c(C)c2)c1. The van der Waals surface area contributed by atoms with Gasteiger partial charge in [0.15, 0.2) is 11.6 Å². The Labute approximate surface area is 168 Å². The fraction of sp³-hybridized carbons (Fsp3) is 0.125. The van der Waals surface area contributed by atoms with Crippen LogP contribution < -0.4 is 9.47 Å². The second-order valence-electron chi connectivity index (χ2n) is 6.63. The number of aliphatic imine (C=N–C) groups is 1. The van der Waals surface area contributed by atoms with E-state index < -0.39 is 11.6 Å². The lowest BCUT2D eigenvalue weighted by Gasteiger charge is -2.08. The lowest BCUT2D eigenvalue weighted by Crippen LogP contribution is -2.05. The molecule has 0 spiro atoms. The molecule has 0 saturated carbocycles. The van der Waals surface area contributed by atoms with Crippen molar-refractivity contribution < 1.29 is 18.3 Å². The van der Waals surface area contributed by atoms with Crippen molar-refractivity contribution in [2.45, 2.75) is 20.8 Å². The van der Waals surface area contributed by atoms with Crippen LogP contribution in [0.15, 0.2) is 78.0 Å². The van der Waals surface area contributed by atoms with Gasteiger partial charge < -0.3 is 9.47 Å². The van der Waals surface area contributed by atoms with Crippen LogP contribution in [-0.2, 0) is 0 Å². The maximum atomic E-state index is 13.3. The normalized spacial score (nSPS) is 11.7. The monoisotopic (exact) mass is 393 g/mol. The van der Waals surface area contributed by atoms with Gasteiger partial charge in [0.25, 0.3) is 0 Å². The van der Waals surface area contributed by atoms with Crippen LogP contribution in [-0.4, -0.2) is 5.90 Å². The molecule has 3 nitrogen and oxygen atoms in total. The van der Waals surface area contributed by atoms with Crippen molar-refractivity contribution in [1.82, 2.24) is 0 Å². The molecule has 3 aromatic carbocycles. The minimum atomic E-state index is -0.976. The summed E-state index contributed by atoms with van der Waals surface area (Å²) in [7, 11) is 0. The molecule has 0 N–H and O–H groups in total. The first-order chi connectivity index (χ1) is 13.9. The number of ether oxygens (including phenoxy) is 2. The van der Waals surface area contributed by atoms with Gasteiger partial charge >= 0.3 is 0 Å². The Kier molecular flexibility index (Phi) is 6.39. The molecule has 0 aliphatic heterocycles. The predicted octanol–water partition coefficient (Wildman–Crippen LogP) is 6.59. The van der Waals surface area contributed by atoms with Crippen molar-refractivity contribution in [2.75, 3.05) is 0 Å². The highest BCUT2D eigenvalue weighted by atomic mass is 19.2. The highest BCUT2D eigenvalue weighted by Gasteiger charge is 2.04. The van der Waals surface area contributed by atoms with Gasteiger partial charge in [-0.1, -0.05) is 18.2 Å². The van der Waals surface area contributed by atoms with Crippen molar-refractivity contribution in [3.05, 3.63) is 101 Å². The van der Waals surface area contributed by atoms with Crippen LogP contribution in [0.2, 0.25) is 0 Å². The van der Waals surface area contributed by atoms with Crippen LogP contribution >= 0.6 is 0 Å². The van der Waals surface area contributed by atoms with Crippen LogP contribution in [0.3, 0.4) is 0 Å². The number of nitrogens with zero attached hydrogens (tertiary/aromatic N) is 1. The Morgan fingerprint density at radius 2 is 1.66 bits per heavy atom. The Hall–Kier alpha value is -3.47. The van der Waals surface area contributed by atoms with E-state index in [2.05, 4.69) is 4.99 Å². The molecule has 0 fully saturated rings. The van der Waals surface area contributed by atoms with Crippen LogP contribution in [0.1, 0.15) is 16.7 Å². The average molecular weight is 393 g/mol. The molecule has 0 heterocycles. The largest absolute Gasteiger partial charge is 0.465 e. The van der Waals surface area contributed by atoms with Crippen molar-refractivity contribution in [1.29, 1.82) is 0 Å². The smallest absolute Gasteiger partial charge is 0.222 e. The van der Waals surface area contributed by atoms with Gasteiger partial charge in [-0.3, -0.25) is 0 Å². The summed E-state index contributed by atoms with van der Waals surface area (Å²) in [5.74, 6) is -0.815. The summed E-state index contributed by atoms with van der Waals surface area (Å²) in [6, 6.07) is 16.7. The van der Waals surface area contributed by atoms with E-state index in [1.165, 1.54) is 24.0 Å². The van der Waals surface area contributed by atoms with Crippen LogP contribution in [0.4, 0.5) is 14.5 Å². The van der Waals surface area contributed by atoms with E-state index in [1.54, 1.807) is 0 Å². The highest BCUT2D eigenvalue weighted by Crippen LogP contribution is 2.20. The molecule has 0 aromatic heterocycles. The summed E-state index contributed by atoms with van der Waals surface area (Å²) in [6.45, 7) is 6.01. The van der Waals surface area contributed by atoms with Crippen molar-refractivity contribution in [3.8, 4) is 11.5 Å². The van der Waals surface area contributed by atoms with Crippen molar-refractivity contribution >= 4 is 11.6 Å². The number of halogens is 2. The summed E-state index contributed by atoms with van der Waals surface area (Å²) < 4.78 is 37.6. The molecule has 0 atom stereocenters. The molecule has 148 valence electrons. The zero-order valence-corrected chi connectivity index (χ0v) is 16.4. The van der Waals surface area contributed by atoms with E-state index in [1.807, 2.05) is 63.2 Å². The zero-order chi connectivity index (χ0) is 20.8. The molecule has 0 aliphatic carbocycles. The summed E-state index contributed by atoms with van der Waals surface area (Å²) in [4.78, 5) is 4.54. The van der Waals surface area contributed by atoms with Gasteiger partial charge in [-0.2, -0.15) is 0 Å². The first-order valence-corrected chi connectivity index (χ1v) is 9.09. The molecular weight excluding hydrogens is 372 g/mol. The molecule has 0 radical (unpaired) electrons. The third kappa shape index (κ3) is 5.75. The molecule has 29 heavy (non-hydrogen) atoms. The molecule has 0 unspecified atom stereocenters. The van der Waals surface area contributed by atoms with Crippen LogP contribution in [0.25, 0.3) is 0 Å². The van der Waals surface area contributed by atoms with Crippen LogP contribution in [0, 0.1) is 32.4 Å². The maximum Gasteiger partial charge on any atom is 0.222 e. The Morgan fingerprint density at radius 1 is 0.828 bits per heavy atom. The first kappa shape index (κ1) is 20.3. The van der Waals surface area contributed by atoms with E-state index >= 15 is 0 Å². The van der Waals surface area contributed by atoms with E-state index in [0.717, 1.165) is 28.9 Å².